The number of ether oxygens (including phenoxy) is 4. The summed E-state index contributed by atoms with van der Waals surface area (Å²) in [5.74, 6) is 0.777. The van der Waals surface area contributed by atoms with Crippen LogP contribution in [0.2, 0.25) is 0 Å². The third kappa shape index (κ3) is 5.71. The van der Waals surface area contributed by atoms with Crippen molar-refractivity contribution in [2.24, 2.45) is 5.16 Å². The number of fused-ring (bicyclic) bond motifs is 1. The number of hydrogen-bond donors (Lipinski definition) is 1. The molecule has 0 spiro atoms. The molecule has 1 amide bonds. The summed E-state index contributed by atoms with van der Waals surface area (Å²) < 4.78 is 44.8. The van der Waals surface area contributed by atoms with E-state index in [0.29, 0.717) is 36.0 Å². The lowest BCUT2D eigenvalue weighted by atomic mass is 10.2. The molecule has 3 rings (SSSR count). The minimum atomic E-state index is -2.96. The fourth-order valence-corrected chi connectivity index (χ4v) is 2.47. The maximum absolute atomic E-state index is 12.3. The second-order valence-corrected chi connectivity index (χ2v) is 5.70. The van der Waals surface area contributed by atoms with Crippen LogP contribution in [0.25, 0.3) is 0 Å². The summed E-state index contributed by atoms with van der Waals surface area (Å²) in [5.41, 5.74) is 1.04. The highest BCUT2D eigenvalue weighted by Gasteiger charge is 2.13. The van der Waals surface area contributed by atoms with Crippen molar-refractivity contribution in [1.29, 1.82) is 0 Å². The van der Waals surface area contributed by atoms with Gasteiger partial charge >= 0.3 is 6.61 Å². The SMILES string of the molecule is COc1cc(/C=N/OCC(=O)Nc2ccc3c(c2)OCCO3)ccc1OC(F)F. The van der Waals surface area contributed by atoms with Gasteiger partial charge in [0.1, 0.15) is 13.2 Å². The summed E-state index contributed by atoms with van der Waals surface area (Å²) in [7, 11) is 1.33. The molecule has 0 aliphatic carbocycles. The minimum absolute atomic E-state index is 0.0978. The Kier molecular flexibility index (Phi) is 6.67. The van der Waals surface area contributed by atoms with Gasteiger partial charge in [0, 0.05) is 17.3 Å². The molecular formula is C19H18F2N2O6. The van der Waals surface area contributed by atoms with Gasteiger partial charge in [0.05, 0.1) is 13.3 Å². The normalized spacial score (nSPS) is 12.7. The van der Waals surface area contributed by atoms with E-state index >= 15 is 0 Å². The molecule has 2 aromatic rings. The first-order valence-electron chi connectivity index (χ1n) is 8.53. The van der Waals surface area contributed by atoms with E-state index < -0.39 is 12.5 Å². The third-order valence-corrected chi connectivity index (χ3v) is 3.70. The first kappa shape index (κ1) is 20.2. The highest BCUT2D eigenvalue weighted by Crippen LogP contribution is 2.32. The van der Waals surface area contributed by atoms with Gasteiger partial charge in [-0.3, -0.25) is 4.79 Å². The Morgan fingerprint density at radius 3 is 2.72 bits per heavy atom. The second kappa shape index (κ2) is 9.58. The molecule has 29 heavy (non-hydrogen) atoms. The van der Waals surface area contributed by atoms with Crippen LogP contribution in [-0.4, -0.2) is 45.7 Å². The molecule has 1 N–H and O–H groups in total. The van der Waals surface area contributed by atoms with E-state index in [1.54, 1.807) is 18.2 Å². The number of rotatable bonds is 8. The lowest BCUT2D eigenvalue weighted by Gasteiger charge is -2.18. The molecule has 0 radical (unpaired) electrons. The highest BCUT2D eigenvalue weighted by atomic mass is 19.3. The number of amides is 1. The molecule has 0 saturated heterocycles. The summed E-state index contributed by atoms with van der Waals surface area (Å²) in [4.78, 5) is 16.9. The third-order valence-electron chi connectivity index (χ3n) is 3.70. The average molecular weight is 408 g/mol. The topological polar surface area (TPSA) is 87.6 Å². The van der Waals surface area contributed by atoms with Crippen LogP contribution in [0.5, 0.6) is 23.0 Å². The van der Waals surface area contributed by atoms with Gasteiger partial charge in [-0.1, -0.05) is 5.16 Å². The Balaban J connectivity index is 1.50. The summed E-state index contributed by atoms with van der Waals surface area (Å²) >= 11 is 0. The number of carbonyl (C=O) groups excluding carboxylic acids is 1. The molecule has 154 valence electrons. The Labute approximate surface area is 164 Å². The van der Waals surface area contributed by atoms with Gasteiger partial charge in [-0.05, 0) is 30.3 Å². The smallest absolute Gasteiger partial charge is 0.387 e. The lowest BCUT2D eigenvalue weighted by Crippen LogP contribution is -2.18. The number of benzene rings is 2. The van der Waals surface area contributed by atoms with E-state index in [4.69, 9.17) is 19.0 Å². The zero-order valence-corrected chi connectivity index (χ0v) is 15.4. The van der Waals surface area contributed by atoms with E-state index in [0.717, 1.165) is 0 Å². The van der Waals surface area contributed by atoms with Crippen LogP contribution in [0.3, 0.4) is 0 Å². The van der Waals surface area contributed by atoms with Gasteiger partial charge in [0.2, 0.25) is 0 Å². The highest BCUT2D eigenvalue weighted by molar-refractivity contribution is 5.92. The molecule has 0 bridgehead atoms. The Morgan fingerprint density at radius 1 is 1.17 bits per heavy atom. The number of carbonyl (C=O) groups is 1. The predicted molar refractivity (Wildman–Crippen MR) is 99.2 cm³/mol. The molecule has 0 saturated carbocycles. The molecule has 1 aliphatic heterocycles. The quantitative estimate of drug-likeness (QED) is 0.534. The van der Waals surface area contributed by atoms with Crippen LogP contribution in [0.4, 0.5) is 14.5 Å². The van der Waals surface area contributed by atoms with E-state index in [2.05, 4.69) is 15.2 Å². The van der Waals surface area contributed by atoms with Crippen LogP contribution in [0, 0.1) is 0 Å². The van der Waals surface area contributed by atoms with Gasteiger partial charge in [-0.15, -0.1) is 0 Å². The van der Waals surface area contributed by atoms with Crippen molar-refractivity contribution < 1.29 is 37.4 Å². The van der Waals surface area contributed by atoms with Crippen molar-refractivity contribution in [3.63, 3.8) is 0 Å². The molecule has 1 heterocycles. The molecule has 2 aromatic carbocycles. The van der Waals surface area contributed by atoms with E-state index in [9.17, 15) is 13.6 Å². The van der Waals surface area contributed by atoms with Crippen molar-refractivity contribution in [2.45, 2.75) is 6.61 Å². The number of methoxy groups -OCH3 is 1. The maximum Gasteiger partial charge on any atom is 0.387 e. The molecule has 0 atom stereocenters. The van der Waals surface area contributed by atoms with Gasteiger partial charge in [0.25, 0.3) is 5.91 Å². The second-order valence-electron chi connectivity index (χ2n) is 5.70. The van der Waals surface area contributed by atoms with Crippen molar-refractivity contribution in [1.82, 2.24) is 0 Å². The van der Waals surface area contributed by atoms with E-state index in [1.165, 1.54) is 31.5 Å². The number of oxime groups is 1. The first-order chi connectivity index (χ1) is 14.0. The lowest BCUT2D eigenvalue weighted by molar-refractivity contribution is -0.120. The summed E-state index contributed by atoms with van der Waals surface area (Å²) in [5, 5.41) is 6.34. The molecular weight excluding hydrogens is 390 g/mol. The fraction of sp³-hybridized carbons (Fsp3) is 0.263. The number of alkyl halides is 2. The van der Waals surface area contributed by atoms with Gasteiger partial charge in [-0.25, -0.2) is 0 Å². The van der Waals surface area contributed by atoms with Gasteiger partial charge in [-0.2, -0.15) is 8.78 Å². The number of hydrogen-bond acceptors (Lipinski definition) is 7. The Bertz CT molecular complexity index is 891. The molecule has 1 aliphatic rings. The number of anilines is 1. The molecule has 0 fully saturated rings. The largest absolute Gasteiger partial charge is 0.493 e. The minimum Gasteiger partial charge on any atom is -0.493 e. The van der Waals surface area contributed by atoms with Crippen LogP contribution in [-0.2, 0) is 9.63 Å². The van der Waals surface area contributed by atoms with E-state index in [1.807, 2.05) is 0 Å². The van der Waals surface area contributed by atoms with Crippen LogP contribution >= 0.6 is 0 Å². The van der Waals surface area contributed by atoms with Crippen LogP contribution in [0.1, 0.15) is 5.56 Å². The predicted octanol–water partition coefficient (Wildman–Crippen LogP) is 3.06. The average Bonchev–Trinajstić information content (AvgIpc) is 2.71. The molecule has 10 heteroatoms. The Morgan fingerprint density at radius 2 is 1.97 bits per heavy atom. The molecule has 8 nitrogen and oxygen atoms in total. The monoisotopic (exact) mass is 408 g/mol. The van der Waals surface area contributed by atoms with Crippen LogP contribution < -0.4 is 24.3 Å². The van der Waals surface area contributed by atoms with Crippen molar-refractivity contribution in [3.8, 4) is 23.0 Å². The first-order valence-corrected chi connectivity index (χ1v) is 8.53. The standard InChI is InChI=1S/C19H18F2N2O6/c1-25-16-8-12(2-4-15(16)29-19(20)21)10-22-28-11-18(24)23-13-3-5-14-17(9-13)27-7-6-26-14/h2-5,8-10,19H,6-7,11H2,1H3,(H,23,24)/b22-10+. The van der Waals surface area contributed by atoms with Crippen molar-refractivity contribution >= 4 is 17.8 Å². The van der Waals surface area contributed by atoms with Crippen molar-refractivity contribution in [3.05, 3.63) is 42.0 Å². The van der Waals surface area contributed by atoms with Gasteiger partial charge in [0.15, 0.2) is 29.6 Å². The number of nitrogens with zero attached hydrogens (tertiary/aromatic N) is 1. The summed E-state index contributed by atoms with van der Waals surface area (Å²) in [6, 6.07) is 9.30. The molecule has 0 aromatic heterocycles. The summed E-state index contributed by atoms with van der Waals surface area (Å²) in [6.45, 7) is -2.35. The Hall–Kier alpha value is -3.56. The zero-order chi connectivity index (χ0) is 20.6. The summed E-state index contributed by atoms with van der Waals surface area (Å²) in [6.07, 6.45) is 1.31. The van der Waals surface area contributed by atoms with Crippen LogP contribution in [0.15, 0.2) is 41.6 Å². The number of nitrogens with one attached hydrogen (secondary N) is 1. The molecule has 0 unspecified atom stereocenters. The van der Waals surface area contributed by atoms with Gasteiger partial charge < -0.3 is 29.1 Å². The van der Waals surface area contributed by atoms with E-state index in [-0.39, 0.29) is 18.1 Å². The number of halogens is 2. The zero-order valence-electron chi connectivity index (χ0n) is 15.4. The maximum atomic E-state index is 12.3. The fourth-order valence-electron chi connectivity index (χ4n) is 2.47. The van der Waals surface area contributed by atoms with Crippen molar-refractivity contribution in [2.75, 3.05) is 32.2 Å².